The maximum Gasteiger partial charge on any atom is 0.325 e. The van der Waals surface area contributed by atoms with E-state index in [1.165, 1.54) is 4.90 Å². The summed E-state index contributed by atoms with van der Waals surface area (Å²) in [5, 5.41) is 0. The van der Waals surface area contributed by atoms with Gasteiger partial charge in [-0.1, -0.05) is 22.9 Å². The maximum absolute atomic E-state index is 12.0. The van der Waals surface area contributed by atoms with Crippen LogP contribution in [0.15, 0.2) is 0 Å². The topological polar surface area (TPSA) is 46.6 Å². The largest absolute Gasteiger partial charge is 0.465 e. The van der Waals surface area contributed by atoms with Gasteiger partial charge < -0.3 is 9.64 Å². The van der Waals surface area contributed by atoms with Crippen molar-refractivity contribution in [3.63, 3.8) is 0 Å². The fraction of sp³-hybridized carbons (Fsp3) is 0.818. The number of hydrogen-bond donors (Lipinski definition) is 0. The summed E-state index contributed by atoms with van der Waals surface area (Å²) in [7, 11) is 0. The first kappa shape index (κ1) is 15.4. The summed E-state index contributed by atoms with van der Waals surface area (Å²) in [6.07, 6.45) is 0.814. The monoisotopic (exact) mass is 293 g/mol. The highest BCUT2D eigenvalue weighted by Gasteiger charge is 2.29. The fourth-order valence-corrected chi connectivity index (χ4v) is 1.51. The van der Waals surface area contributed by atoms with Crippen LogP contribution in [-0.2, 0) is 14.3 Å². The Morgan fingerprint density at radius 2 is 1.88 bits per heavy atom. The lowest BCUT2D eigenvalue weighted by atomic mass is 10.2. The van der Waals surface area contributed by atoms with Crippen molar-refractivity contribution in [1.29, 1.82) is 0 Å². The van der Waals surface area contributed by atoms with Crippen LogP contribution in [0, 0.1) is 0 Å². The molecule has 0 aromatic heterocycles. The SMILES string of the molecule is CCCN(CC(=O)OCC)C(=O)C(C)(C)Br. The smallest absolute Gasteiger partial charge is 0.325 e. The highest BCUT2D eigenvalue weighted by molar-refractivity contribution is 9.10. The number of amides is 1. The quantitative estimate of drug-likeness (QED) is 0.556. The molecule has 0 unspecified atom stereocenters. The number of ether oxygens (including phenoxy) is 1. The summed E-state index contributed by atoms with van der Waals surface area (Å²) in [6.45, 7) is 8.17. The van der Waals surface area contributed by atoms with Gasteiger partial charge in [0.15, 0.2) is 0 Å². The average Bonchev–Trinajstić information content (AvgIpc) is 2.15. The Balaban J connectivity index is 4.49. The zero-order valence-electron chi connectivity index (χ0n) is 10.4. The highest BCUT2D eigenvalue weighted by Crippen LogP contribution is 2.19. The van der Waals surface area contributed by atoms with Crippen LogP contribution in [0.1, 0.15) is 34.1 Å². The molecule has 0 saturated heterocycles. The van der Waals surface area contributed by atoms with Gasteiger partial charge in [0.05, 0.1) is 10.9 Å². The Bertz CT molecular complexity index is 248. The predicted octanol–water partition coefficient (Wildman–Crippen LogP) is 1.96. The molecular weight excluding hydrogens is 274 g/mol. The van der Waals surface area contributed by atoms with Crippen molar-refractivity contribution in [2.45, 2.75) is 38.4 Å². The number of hydrogen-bond acceptors (Lipinski definition) is 3. The van der Waals surface area contributed by atoms with Crippen LogP contribution in [0.5, 0.6) is 0 Å². The Hall–Kier alpha value is -0.580. The summed E-state index contributed by atoms with van der Waals surface area (Å²) in [4.78, 5) is 24.8. The second-order valence-electron chi connectivity index (χ2n) is 4.00. The maximum atomic E-state index is 12.0. The van der Waals surface area contributed by atoms with E-state index in [4.69, 9.17) is 4.74 Å². The molecule has 0 rings (SSSR count). The van der Waals surface area contributed by atoms with E-state index in [2.05, 4.69) is 15.9 Å². The lowest BCUT2D eigenvalue weighted by Gasteiger charge is -2.27. The van der Waals surface area contributed by atoms with Gasteiger partial charge >= 0.3 is 5.97 Å². The van der Waals surface area contributed by atoms with E-state index in [1.807, 2.05) is 6.92 Å². The summed E-state index contributed by atoms with van der Waals surface area (Å²) >= 11 is 3.30. The molecule has 4 nitrogen and oxygen atoms in total. The highest BCUT2D eigenvalue weighted by atomic mass is 79.9. The molecule has 0 heterocycles. The van der Waals surface area contributed by atoms with Gasteiger partial charge in [-0.15, -0.1) is 0 Å². The molecule has 0 aliphatic carbocycles. The number of rotatable bonds is 6. The molecule has 0 atom stereocenters. The van der Waals surface area contributed by atoms with E-state index < -0.39 is 4.32 Å². The van der Waals surface area contributed by atoms with Gasteiger partial charge in [0.1, 0.15) is 6.54 Å². The number of halogens is 1. The number of carbonyl (C=O) groups is 2. The Morgan fingerprint density at radius 3 is 2.25 bits per heavy atom. The summed E-state index contributed by atoms with van der Waals surface area (Å²) in [6, 6.07) is 0. The number of esters is 1. The van der Waals surface area contributed by atoms with Crippen LogP contribution < -0.4 is 0 Å². The van der Waals surface area contributed by atoms with Gasteiger partial charge in [-0.3, -0.25) is 9.59 Å². The van der Waals surface area contributed by atoms with Gasteiger partial charge in [0.2, 0.25) is 5.91 Å². The van der Waals surface area contributed by atoms with E-state index in [-0.39, 0.29) is 18.4 Å². The normalized spacial score (nSPS) is 11.1. The van der Waals surface area contributed by atoms with E-state index in [0.29, 0.717) is 13.2 Å². The molecule has 0 spiro atoms. The van der Waals surface area contributed by atoms with Crippen molar-refractivity contribution in [3.05, 3.63) is 0 Å². The van der Waals surface area contributed by atoms with Crippen molar-refractivity contribution < 1.29 is 14.3 Å². The predicted molar refractivity (Wildman–Crippen MR) is 66.5 cm³/mol. The zero-order valence-corrected chi connectivity index (χ0v) is 12.0. The third-order valence-corrected chi connectivity index (χ3v) is 2.25. The molecule has 94 valence electrons. The van der Waals surface area contributed by atoms with Gasteiger partial charge in [0, 0.05) is 6.54 Å². The number of carbonyl (C=O) groups excluding carboxylic acids is 2. The molecule has 0 aromatic carbocycles. The molecular formula is C11H20BrNO3. The summed E-state index contributed by atoms with van der Waals surface area (Å²) in [5.41, 5.74) is 0. The molecule has 16 heavy (non-hydrogen) atoms. The first-order chi connectivity index (χ1) is 7.32. The lowest BCUT2D eigenvalue weighted by Crippen LogP contribution is -2.44. The second-order valence-corrected chi connectivity index (χ2v) is 5.99. The third-order valence-electron chi connectivity index (χ3n) is 1.91. The number of nitrogens with zero attached hydrogens (tertiary/aromatic N) is 1. The molecule has 0 N–H and O–H groups in total. The van der Waals surface area contributed by atoms with Gasteiger partial charge in [0.25, 0.3) is 0 Å². The minimum absolute atomic E-state index is 0.0234. The molecule has 0 radical (unpaired) electrons. The number of alkyl halides is 1. The zero-order chi connectivity index (χ0) is 12.8. The van der Waals surface area contributed by atoms with Gasteiger partial charge in [-0.2, -0.15) is 0 Å². The van der Waals surface area contributed by atoms with Crippen LogP contribution in [0.25, 0.3) is 0 Å². The van der Waals surface area contributed by atoms with Crippen LogP contribution >= 0.6 is 15.9 Å². The van der Waals surface area contributed by atoms with E-state index in [9.17, 15) is 9.59 Å². The molecule has 0 aliphatic rings. The summed E-state index contributed by atoms with van der Waals surface area (Å²) < 4.78 is 4.19. The van der Waals surface area contributed by atoms with Crippen LogP contribution in [0.3, 0.4) is 0 Å². The molecule has 0 fully saturated rings. The molecule has 0 bridgehead atoms. The van der Waals surface area contributed by atoms with Crippen molar-refractivity contribution in [1.82, 2.24) is 4.90 Å². The minimum Gasteiger partial charge on any atom is -0.465 e. The average molecular weight is 294 g/mol. The van der Waals surface area contributed by atoms with E-state index in [1.54, 1.807) is 20.8 Å². The van der Waals surface area contributed by atoms with Crippen molar-refractivity contribution in [3.8, 4) is 0 Å². The van der Waals surface area contributed by atoms with Gasteiger partial charge in [-0.05, 0) is 27.2 Å². The van der Waals surface area contributed by atoms with Gasteiger partial charge in [-0.25, -0.2) is 0 Å². The van der Waals surface area contributed by atoms with E-state index >= 15 is 0 Å². The second kappa shape index (κ2) is 6.89. The Kier molecular flexibility index (Phi) is 6.64. The molecule has 0 saturated carbocycles. The standard InChI is InChI=1S/C11H20BrNO3/c1-5-7-13(8-9(14)16-6-2)10(15)11(3,4)12/h5-8H2,1-4H3. The molecule has 5 heteroatoms. The lowest BCUT2D eigenvalue weighted by molar-refractivity contribution is -0.149. The van der Waals surface area contributed by atoms with Crippen molar-refractivity contribution in [2.75, 3.05) is 19.7 Å². The minimum atomic E-state index is -0.644. The fourth-order valence-electron chi connectivity index (χ4n) is 1.26. The summed E-state index contributed by atoms with van der Waals surface area (Å²) in [5.74, 6) is -0.455. The van der Waals surface area contributed by atoms with Crippen molar-refractivity contribution in [2.24, 2.45) is 0 Å². The molecule has 0 aromatic rings. The Morgan fingerprint density at radius 1 is 1.31 bits per heavy atom. The molecule has 1 amide bonds. The first-order valence-corrected chi connectivity index (χ1v) is 6.26. The molecule has 0 aliphatic heterocycles. The Labute approximate surface area is 105 Å². The van der Waals surface area contributed by atoms with Crippen LogP contribution in [0.2, 0.25) is 0 Å². The third kappa shape index (κ3) is 5.49. The van der Waals surface area contributed by atoms with E-state index in [0.717, 1.165) is 6.42 Å². The first-order valence-electron chi connectivity index (χ1n) is 5.46. The van der Waals surface area contributed by atoms with Crippen LogP contribution in [-0.4, -0.2) is 40.8 Å². The van der Waals surface area contributed by atoms with Crippen molar-refractivity contribution >= 4 is 27.8 Å². The van der Waals surface area contributed by atoms with Crippen LogP contribution in [0.4, 0.5) is 0 Å².